The lowest BCUT2D eigenvalue weighted by molar-refractivity contribution is 0.968. The molecule has 0 atom stereocenters. The Hall–Kier alpha value is -2.73. The number of rotatable bonds is 3. The SMILES string of the molecule is Cc1ccccc1-c1nnc2sc(-c3ccc(N(C)C)cc3)nn12. The van der Waals surface area contributed by atoms with Gasteiger partial charge in [-0.2, -0.15) is 9.61 Å². The van der Waals surface area contributed by atoms with Gasteiger partial charge in [0.1, 0.15) is 5.01 Å². The summed E-state index contributed by atoms with van der Waals surface area (Å²) in [6, 6.07) is 16.5. The molecular weight excluding hydrogens is 318 g/mol. The number of aryl methyl sites for hydroxylation is 1. The van der Waals surface area contributed by atoms with Gasteiger partial charge in [-0.3, -0.25) is 0 Å². The van der Waals surface area contributed by atoms with Crippen LogP contribution in [0, 0.1) is 6.92 Å². The lowest BCUT2D eigenvalue weighted by Crippen LogP contribution is -2.07. The summed E-state index contributed by atoms with van der Waals surface area (Å²) in [4.78, 5) is 2.89. The van der Waals surface area contributed by atoms with Crippen LogP contribution >= 0.6 is 11.3 Å². The third kappa shape index (κ3) is 2.45. The van der Waals surface area contributed by atoms with Crippen molar-refractivity contribution >= 4 is 22.0 Å². The zero-order chi connectivity index (χ0) is 16.7. The van der Waals surface area contributed by atoms with Crippen LogP contribution in [0.25, 0.3) is 26.9 Å². The molecule has 0 saturated heterocycles. The van der Waals surface area contributed by atoms with E-state index in [0.717, 1.165) is 32.5 Å². The molecule has 0 unspecified atom stereocenters. The van der Waals surface area contributed by atoms with E-state index in [1.807, 2.05) is 30.7 Å². The van der Waals surface area contributed by atoms with Crippen molar-refractivity contribution in [3.63, 3.8) is 0 Å². The van der Waals surface area contributed by atoms with Crippen LogP contribution in [0.4, 0.5) is 5.69 Å². The first-order valence-corrected chi connectivity index (χ1v) is 8.51. The Labute approximate surface area is 144 Å². The minimum atomic E-state index is 0.788. The lowest BCUT2D eigenvalue weighted by Gasteiger charge is -2.11. The molecule has 0 aliphatic rings. The Balaban J connectivity index is 1.78. The Bertz CT molecular complexity index is 998. The van der Waals surface area contributed by atoms with E-state index >= 15 is 0 Å². The second kappa shape index (κ2) is 5.72. The fraction of sp³-hybridized carbons (Fsp3) is 0.167. The number of aromatic nitrogens is 4. The molecule has 5 nitrogen and oxygen atoms in total. The molecule has 120 valence electrons. The van der Waals surface area contributed by atoms with Gasteiger partial charge in [0.15, 0.2) is 5.82 Å². The van der Waals surface area contributed by atoms with Crippen molar-refractivity contribution in [1.82, 2.24) is 19.8 Å². The molecule has 0 aliphatic carbocycles. The van der Waals surface area contributed by atoms with Crippen molar-refractivity contribution < 1.29 is 0 Å². The van der Waals surface area contributed by atoms with Crippen LogP contribution in [0.15, 0.2) is 48.5 Å². The molecule has 2 aromatic heterocycles. The van der Waals surface area contributed by atoms with Crippen LogP contribution < -0.4 is 4.90 Å². The minimum Gasteiger partial charge on any atom is -0.378 e. The molecule has 2 heterocycles. The van der Waals surface area contributed by atoms with Crippen LogP contribution in [0.5, 0.6) is 0 Å². The third-order valence-corrected chi connectivity index (χ3v) is 4.96. The molecule has 6 heteroatoms. The summed E-state index contributed by atoms with van der Waals surface area (Å²) in [6.45, 7) is 2.07. The van der Waals surface area contributed by atoms with Gasteiger partial charge in [-0.15, -0.1) is 10.2 Å². The standard InChI is InChI=1S/C18H17N5S/c1-12-6-4-5-7-15(12)16-19-20-18-23(16)21-17(24-18)13-8-10-14(11-9-13)22(2)3/h4-11H,1-3H3. The molecule has 0 bridgehead atoms. The van der Waals surface area contributed by atoms with Crippen LogP contribution in [0.1, 0.15) is 5.56 Å². The van der Waals surface area contributed by atoms with Gasteiger partial charge in [0.2, 0.25) is 4.96 Å². The van der Waals surface area contributed by atoms with Crippen LogP contribution in [-0.2, 0) is 0 Å². The monoisotopic (exact) mass is 335 g/mol. The molecule has 0 saturated carbocycles. The van der Waals surface area contributed by atoms with E-state index in [4.69, 9.17) is 5.10 Å². The van der Waals surface area contributed by atoms with Gasteiger partial charge in [0.25, 0.3) is 0 Å². The first-order chi connectivity index (χ1) is 11.6. The Morgan fingerprint density at radius 1 is 0.958 bits per heavy atom. The van der Waals surface area contributed by atoms with Gasteiger partial charge < -0.3 is 4.90 Å². The van der Waals surface area contributed by atoms with Crippen LogP contribution in [-0.4, -0.2) is 33.9 Å². The molecule has 24 heavy (non-hydrogen) atoms. The summed E-state index contributed by atoms with van der Waals surface area (Å²) >= 11 is 1.55. The van der Waals surface area contributed by atoms with Gasteiger partial charge >= 0.3 is 0 Å². The summed E-state index contributed by atoms with van der Waals surface area (Å²) in [7, 11) is 4.07. The van der Waals surface area contributed by atoms with E-state index in [1.165, 1.54) is 5.69 Å². The second-order valence-electron chi connectivity index (χ2n) is 5.88. The normalized spacial score (nSPS) is 11.1. The lowest BCUT2D eigenvalue weighted by atomic mass is 10.1. The molecule has 0 spiro atoms. The number of fused-ring (bicyclic) bond motifs is 1. The summed E-state index contributed by atoms with van der Waals surface area (Å²) in [5.74, 6) is 0.788. The predicted octanol–water partition coefficient (Wildman–Crippen LogP) is 3.89. The van der Waals surface area contributed by atoms with Crippen molar-refractivity contribution in [3.8, 4) is 22.0 Å². The fourth-order valence-electron chi connectivity index (χ4n) is 2.63. The molecule has 2 aromatic carbocycles. The van der Waals surface area contributed by atoms with E-state index in [9.17, 15) is 0 Å². The first kappa shape index (κ1) is 14.8. The predicted molar refractivity (Wildman–Crippen MR) is 98.6 cm³/mol. The number of hydrogen-bond acceptors (Lipinski definition) is 5. The highest BCUT2D eigenvalue weighted by atomic mass is 32.1. The third-order valence-electron chi connectivity index (χ3n) is 4.01. The maximum atomic E-state index is 4.73. The van der Waals surface area contributed by atoms with Gasteiger partial charge in [-0.25, -0.2) is 0 Å². The van der Waals surface area contributed by atoms with E-state index in [1.54, 1.807) is 11.3 Å². The first-order valence-electron chi connectivity index (χ1n) is 7.69. The largest absolute Gasteiger partial charge is 0.378 e. The fourth-order valence-corrected chi connectivity index (χ4v) is 3.47. The minimum absolute atomic E-state index is 0.788. The molecule has 0 aliphatic heterocycles. The Kier molecular flexibility index (Phi) is 3.54. The van der Waals surface area contributed by atoms with Gasteiger partial charge in [0, 0.05) is 30.9 Å². The summed E-state index contributed by atoms with van der Waals surface area (Å²) in [5.41, 5.74) is 4.48. The smallest absolute Gasteiger partial charge is 0.235 e. The highest BCUT2D eigenvalue weighted by Gasteiger charge is 2.15. The van der Waals surface area contributed by atoms with Gasteiger partial charge in [0.05, 0.1) is 0 Å². The maximum absolute atomic E-state index is 4.73. The van der Waals surface area contributed by atoms with Crippen molar-refractivity contribution in [1.29, 1.82) is 0 Å². The maximum Gasteiger partial charge on any atom is 0.235 e. The number of anilines is 1. The highest BCUT2D eigenvalue weighted by Crippen LogP contribution is 2.29. The molecule has 0 amide bonds. The number of nitrogens with zero attached hydrogens (tertiary/aromatic N) is 5. The molecule has 0 radical (unpaired) electrons. The number of hydrogen-bond donors (Lipinski definition) is 0. The van der Waals surface area contributed by atoms with Crippen molar-refractivity contribution in [2.45, 2.75) is 6.92 Å². The second-order valence-corrected chi connectivity index (χ2v) is 6.84. The Morgan fingerprint density at radius 2 is 1.71 bits per heavy atom. The van der Waals surface area contributed by atoms with Gasteiger partial charge in [-0.05, 0) is 36.8 Å². The number of benzene rings is 2. The summed E-state index contributed by atoms with van der Waals surface area (Å²) in [6.07, 6.45) is 0. The van der Waals surface area contributed by atoms with Crippen molar-refractivity contribution in [2.24, 2.45) is 0 Å². The zero-order valence-corrected chi connectivity index (χ0v) is 14.6. The van der Waals surface area contributed by atoms with E-state index in [0.29, 0.717) is 0 Å². The molecule has 4 rings (SSSR count). The molecular formula is C18H17N5S. The summed E-state index contributed by atoms with van der Waals surface area (Å²) < 4.78 is 1.84. The summed E-state index contributed by atoms with van der Waals surface area (Å²) in [5, 5.41) is 14.3. The van der Waals surface area contributed by atoms with Crippen LogP contribution in [0.3, 0.4) is 0 Å². The quantitative estimate of drug-likeness (QED) is 0.570. The van der Waals surface area contributed by atoms with Crippen molar-refractivity contribution in [3.05, 3.63) is 54.1 Å². The topological polar surface area (TPSA) is 46.3 Å². The van der Waals surface area contributed by atoms with Crippen LogP contribution in [0.2, 0.25) is 0 Å². The molecule has 0 N–H and O–H groups in total. The van der Waals surface area contributed by atoms with E-state index in [-0.39, 0.29) is 0 Å². The molecule has 4 aromatic rings. The van der Waals surface area contributed by atoms with E-state index in [2.05, 4.69) is 58.4 Å². The average molecular weight is 335 g/mol. The average Bonchev–Trinajstić information content (AvgIpc) is 3.16. The van der Waals surface area contributed by atoms with Crippen molar-refractivity contribution in [2.75, 3.05) is 19.0 Å². The Morgan fingerprint density at radius 3 is 2.42 bits per heavy atom. The molecule has 0 fully saturated rings. The zero-order valence-electron chi connectivity index (χ0n) is 13.8. The van der Waals surface area contributed by atoms with E-state index < -0.39 is 0 Å². The van der Waals surface area contributed by atoms with Gasteiger partial charge in [-0.1, -0.05) is 35.6 Å². The highest BCUT2D eigenvalue weighted by molar-refractivity contribution is 7.19.